The zero-order chi connectivity index (χ0) is 11.0. The summed E-state index contributed by atoms with van der Waals surface area (Å²) >= 11 is 0. The van der Waals surface area contributed by atoms with Crippen molar-refractivity contribution in [2.45, 2.75) is 6.92 Å². The Hall–Kier alpha value is -2.16. The first-order valence-electron chi connectivity index (χ1n) is 5.20. The Bertz CT molecular complexity index is 626. The molecule has 0 amide bonds. The highest BCUT2D eigenvalue weighted by Gasteiger charge is 2.08. The topological polar surface area (TPSA) is 30.2 Å². The first-order valence-corrected chi connectivity index (χ1v) is 5.20. The number of imidazole rings is 1. The van der Waals surface area contributed by atoms with E-state index in [9.17, 15) is 0 Å². The molecule has 0 aliphatic heterocycles. The molecule has 0 radical (unpaired) electrons. The van der Waals surface area contributed by atoms with Gasteiger partial charge in [0.15, 0.2) is 0 Å². The first kappa shape index (κ1) is 9.09. The highest BCUT2D eigenvalue weighted by atomic mass is 15.0. The van der Waals surface area contributed by atoms with Gasteiger partial charge in [0.05, 0.1) is 11.2 Å². The summed E-state index contributed by atoms with van der Waals surface area (Å²) < 4.78 is 2.09. The molecule has 3 heteroatoms. The third-order valence-electron chi connectivity index (χ3n) is 2.65. The Kier molecular flexibility index (Phi) is 1.96. The quantitative estimate of drug-likeness (QED) is 0.616. The van der Waals surface area contributed by atoms with E-state index >= 15 is 0 Å². The van der Waals surface area contributed by atoms with Crippen molar-refractivity contribution in [2.75, 3.05) is 0 Å². The van der Waals surface area contributed by atoms with Crippen molar-refractivity contribution in [3.63, 3.8) is 0 Å². The van der Waals surface area contributed by atoms with Crippen LogP contribution in [0.3, 0.4) is 0 Å². The number of nitrogens with zero attached hydrogens (tertiary/aromatic N) is 3. The highest BCUT2D eigenvalue weighted by Crippen LogP contribution is 2.20. The Morgan fingerprint density at radius 3 is 2.88 bits per heavy atom. The van der Waals surface area contributed by atoms with E-state index in [-0.39, 0.29) is 0 Å². The van der Waals surface area contributed by atoms with Crippen LogP contribution in [-0.2, 0) is 0 Å². The van der Waals surface area contributed by atoms with Crippen LogP contribution in [0.25, 0.3) is 16.9 Å². The maximum absolute atomic E-state index is 4.58. The lowest BCUT2D eigenvalue weighted by Gasteiger charge is -1.99. The van der Waals surface area contributed by atoms with E-state index in [4.69, 9.17) is 0 Å². The van der Waals surface area contributed by atoms with E-state index in [2.05, 4.69) is 20.4 Å². The van der Waals surface area contributed by atoms with Crippen molar-refractivity contribution in [1.29, 1.82) is 0 Å². The molecule has 3 rings (SSSR count). The van der Waals surface area contributed by atoms with Crippen LogP contribution in [0, 0.1) is 6.92 Å². The second kappa shape index (κ2) is 3.45. The lowest BCUT2D eigenvalue weighted by molar-refractivity contribution is 1.15. The molecule has 0 saturated carbocycles. The third kappa shape index (κ3) is 1.29. The molecule has 16 heavy (non-hydrogen) atoms. The van der Waals surface area contributed by atoms with Gasteiger partial charge in [-0.25, -0.2) is 4.98 Å². The van der Waals surface area contributed by atoms with Gasteiger partial charge in [0, 0.05) is 24.2 Å². The summed E-state index contributed by atoms with van der Waals surface area (Å²) in [5.41, 5.74) is 3.22. The molecule has 0 bridgehead atoms. The minimum Gasteiger partial charge on any atom is -0.299 e. The average Bonchev–Trinajstić information content (AvgIpc) is 2.69. The molecule has 0 saturated heterocycles. The monoisotopic (exact) mass is 209 g/mol. The van der Waals surface area contributed by atoms with Gasteiger partial charge < -0.3 is 0 Å². The number of rotatable bonds is 1. The van der Waals surface area contributed by atoms with Gasteiger partial charge in [-0.15, -0.1) is 0 Å². The summed E-state index contributed by atoms with van der Waals surface area (Å²) in [4.78, 5) is 8.71. The van der Waals surface area contributed by atoms with Crippen molar-refractivity contribution in [2.24, 2.45) is 0 Å². The van der Waals surface area contributed by atoms with Crippen LogP contribution < -0.4 is 0 Å². The molecule has 0 aliphatic carbocycles. The smallest absolute Gasteiger partial charge is 0.146 e. The number of aryl methyl sites for hydroxylation is 1. The minimum atomic E-state index is 0.946. The fourth-order valence-electron chi connectivity index (χ4n) is 1.89. The SMILES string of the molecule is Cc1nc(-c2cccnc2)n2ccccc12. The highest BCUT2D eigenvalue weighted by molar-refractivity contribution is 5.64. The molecular weight excluding hydrogens is 198 g/mol. The van der Waals surface area contributed by atoms with E-state index in [1.807, 2.05) is 43.6 Å². The van der Waals surface area contributed by atoms with Crippen LogP contribution in [0.15, 0.2) is 48.9 Å². The second-order valence-corrected chi connectivity index (χ2v) is 3.72. The van der Waals surface area contributed by atoms with E-state index in [1.54, 1.807) is 6.20 Å². The number of hydrogen-bond acceptors (Lipinski definition) is 2. The Morgan fingerprint density at radius 2 is 2.06 bits per heavy atom. The molecule has 0 unspecified atom stereocenters. The molecule has 78 valence electrons. The van der Waals surface area contributed by atoms with Gasteiger partial charge in [-0.3, -0.25) is 9.38 Å². The summed E-state index contributed by atoms with van der Waals surface area (Å²) in [6.45, 7) is 2.02. The van der Waals surface area contributed by atoms with Gasteiger partial charge in [-0.05, 0) is 31.2 Å². The van der Waals surface area contributed by atoms with Gasteiger partial charge in [-0.1, -0.05) is 6.07 Å². The van der Waals surface area contributed by atoms with Crippen LogP contribution >= 0.6 is 0 Å². The van der Waals surface area contributed by atoms with Gasteiger partial charge in [-0.2, -0.15) is 0 Å². The zero-order valence-corrected chi connectivity index (χ0v) is 8.96. The average molecular weight is 209 g/mol. The van der Waals surface area contributed by atoms with Gasteiger partial charge >= 0.3 is 0 Å². The van der Waals surface area contributed by atoms with E-state index < -0.39 is 0 Å². The van der Waals surface area contributed by atoms with E-state index in [1.165, 1.54) is 0 Å². The number of aromatic nitrogens is 3. The Labute approximate surface area is 93.4 Å². The zero-order valence-electron chi connectivity index (χ0n) is 8.96. The molecule has 0 aliphatic rings. The summed E-state index contributed by atoms with van der Waals surface area (Å²) in [6.07, 6.45) is 5.63. The molecule has 0 N–H and O–H groups in total. The van der Waals surface area contributed by atoms with Crippen molar-refractivity contribution < 1.29 is 0 Å². The van der Waals surface area contributed by atoms with Gasteiger partial charge in [0.25, 0.3) is 0 Å². The number of fused-ring (bicyclic) bond motifs is 1. The molecule has 0 aromatic carbocycles. The van der Waals surface area contributed by atoms with Gasteiger partial charge in [0.1, 0.15) is 5.82 Å². The number of pyridine rings is 2. The van der Waals surface area contributed by atoms with Crippen LogP contribution in [0.2, 0.25) is 0 Å². The third-order valence-corrected chi connectivity index (χ3v) is 2.65. The molecule has 3 aromatic heterocycles. The van der Waals surface area contributed by atoms with Crippen LogP contribution in [0.5, 0.6) is 0 Å². The van der Waals surface area contributed by atoms with E-state index in [0.717, 1.165) is 22.6 Å². The molecule has 0 atom stereocenters. The molecule has 0 spiro atoms. The Balaban J connectivity index is 2.33. The fourth-order valence-corrected chi connectivity index (χ4v) is 1.89. The molecule has 0 fully saturated rings. The normalized spacial score (nSPS) is 10.8. The maximum atomic E-state index is 4.58. The lowest BCUT2D eigenvalue weighted by Crippen LogP contribution is -1.88. The summed E-state index contributed by atoms with van der Waals surface area (Å²) in [5.74, 6) is 0.946. The van der Waals surface area contributed by atoms with Gasteiger partial charge in [0.2, 0.25) is 0 Å². The standard InChI is InChI=1S/C13H11N3/c1-10-12-6-2-3-8-16(12)13(15-10)11-5-4-7-14-9-11/h2-9H,1H3. The van der Waals surface area contributed by atoms with Crippen molar-refractivity contribution in [3.05, 3.63) is 54.6 Å². The Morgan fingerprint density at radius 1 is 1.12 bits per heavy atom. The predicted molar refractivity (Wildman–Crippen MR) is 63.2 cm³/mol. The van der Waals surface area contributed by atoms with Crippen molar-refractivity contribution in [3.8, 4) is 11.4 Å². The summed E-state index contributed by atoms with van der Waals surface area (Å²) in [6, 6.07) is 10.1. The maximum Gasteiger partial charge on any atom is 0.146 e. The van der Waals surface area contributed by atoms with Crippen molar-refractivity contribution >= 4 is 5.52 Å². The summed E-state index contributed by atoms with van der Waals surface area (Å²) in [7, 11) is 0. The molecular formula is C13H11N3. The molecule has 3 aromatic rings. The predicted octanol–water partition coefficient (Wildman–Crippen LogP) is 2.70. The molecule has 3 nitrogen and oxygen atoms in total. The first-order chi connectivity index (χ1) is 7.86. The number of hydrogen-bond donors (Lipinski definition) is 0. The second-order valence-electron chi connectivity index (χ2n) is 3.72. The molecule has 3 heterocycles. The van der Waals surface area contributed by atoms with Crippen LogP contribution in [-0.4, -0.2) is 14.4 Å². The van der Waals surface area contributed by atoms with Crippen molar-refractivity contribution in [1.82, 2.24) is 14.4 Å². The van der Waals surface area contributed by atoms with Crippen LogP contribution in [0.1, 0.15) is 5.69 Å². The minimum absolute atomic E-state index is 0.946. The largest absolute Gasteiger partial charge is 0.299 e. The lowest BCUT2D eigenvalue weighted by atomic mass is 10.3. The summed E-state index contributed by atoms with van der Waals surface area (Å²) in [5, 5.41) is 0. The fraction of sp³-hybridized carbons (Fsp3) is 0.0769. The van der Waals surface area contributed by atoms with Crippen LogP contribution in [0.4, 0.5) is 0 Å². The van der Waals surface area contributed by atoms with E-state index in [0.29, 0.717) is 0 Å².